The summed E-state index contributed by atoms with van der Waals surface area (Å²) in [7, 11) is 0. The summed E-state index contributed by atoms with van der Waals surface area (Å²) in [5.41, 5.74) is 1.27. The van der Waals surface area contributed by atoms with Crippen molar-refractivity contribution in [1.29, 1.82) is 0 Å². The first-order valence-corrected chi connectivity index (χ1v) is 5.90. The third kappa shape index (κ3) is 5.00. The number of hydrogen-bond acceptors (Lipinski definition) is 1. The van der Waals surface area contributed by atoms with Gasteiger partial charge in [0.15, 0.2) is 0 Å². The van der Waals surface area contributed by atoms with Gasteiger partial charge in [-0.05, 0) is 37.7 Å². The van der Waals surface area contributed by atoms with Gasteiger partial charge in [0, 0.05) is 0 Å². The molecule has 0 amide bonds. The Labute approximate surface area is 98.9 Å². The van der Waals surface area contributed by atoms with Gasteiger partial charge in [0.05, 0.1) is 6.61 Å². The molecule has 0 fully saturated rings. The molecule has 0 N–H and O–H groups in total. The third-order valence-electron chi connectivity index (χ3n) is 2.48. The molecule has 1 heteroatoms. The van der Waals surface area contributed by atoms with Crippen LogP contribution in [0.4, 0.5) is 0 Å². The summed E-state index contributed by atoms with van der Waals surface area (Å²) in [6.45, 7) is 7.93. The Morgan fingerprint density at radius 1 is 1.44 bits per heavy atom. The smallest absolute Gasteiger partial charge is 0.119 e. The summed E-state index contributed by atoms with van der Waals surface area (Å²) < 4.78 is 5.59. The fourth-order valence-corrected chi connectivity index (χ4v) is 1.61. The van der Waals surface area contributed by atoms with Crippen molar-refractivity contribution >= 4 is 0 Å². The van der Waals surface area contributed by atoms with Crippen LogP contribution in [0.3, 0.4) is 0 Å². The van der Waals surface area contributed by atoms with E-state index in [0.717, 1.165) is 19.3 Å². The van der Waals surface area contributed by atoms with Crippen LogP contribution in [0.5, 0.6) is 0 Å². The average molecular weight is 216 g/mol. The first-order valence-electron chi connectivity index (χ1n) is 5.90. The fraction of sp³-hybridized carbons (Fsp3) is 0.467. The summed E-state index contributed by atoms with van der Waals surface area (Å²) >= 11 is 0. The molecule has 1 aliphatic carbocycles. The Morgan fingerprint density at radius 2 is 2.31 bits per heavy atom. The van der Waals surface area contributed by atoms with E-state index >= 15 is 0 Å². The van der Waals surface area contributed by atoms with E-state index in [1.54, 1.807) is 6.08 Å². The van der Waals surface area contributed by atoms with Crippen LogP contribution in [0.15, 0.2) is 37.0 Å². The summed E-state index contributed by atoms with van der Waals surface area (Å²) in [6, 6.07) is 0. The first kappa shape index (κ1) is 12.8. The van der Waals surface area contributed by atoms with Gasteiger partial charge in [-0.25, -0.2) is 0 Å². The van der Waals surface area contributed by atoms with Gasteiger partial charge in [-0.3, -0.25) is 0 Å². The second-order valence-electron chi connectivity index (χ2n) is 3.87. The van der Waals surface area contributed by atoms with Crippen molar-refractivity contribution in [1.82, 2.24) is 0 Å². The van der Waals surface area contributed by atoms with Gasteiger partial charge in [0.1, 0.15) is 6.10 Å². The number of rotatable bonds is 6. The van der Waals surface area contributed by atoms with Gasteiger partial charge in [-0.2, -0.15) is 0 Å². The van der Waals surface area contributed by atoms with E-state index in [2.05, 4.69) is 31.1 Å². The molecule has 0 saturated carbocycles. The van der Waals surface area contributed by atoms with Crippen molar-refractivity contribution in [3.8, 4) is 11.8 Å². The molecule has 0 unspecified atom stereocenters. The topological polar surface area (TPSA) is 9.23 Å². The molecular weight excluding hydrogens is 196 g/mol. The molecule has 0 aromatic rings. The first-order chi connectivity index (χ1) is 7.86. The van der Waals surface area contributed by atoms with Crippen LogP contribution in [-0.2, 0) is 4.74 Å². The third-order valence-corrected chi connectivity index (χ3v) is 2.48. The molecule has 1 nitrogen and oxygen atoms in total. The van der Waals surface area contributed by atoms with Crippen molar-refractivity contribution in [2.45, 2.75) is 38.2 Å². The normalized spacial score (nSPS) is 15.9. The summed E-state index contributed by atoms with van der Waals surface area (Å²) in [4.78, 5) is 0. The van der Waals surface area contributed by atoms with Crippen molar-refractivity contribution in [3.05, 3.63) is 37.0 Å². The summed E-state index contributed by atoms with van der Waals surface area (Å²) in [6.07, 6.45) is 11.3. The molecule has 1 aliphatic rings. The van der Waals surface area contributed by atoms with Crippen LogP contribution in [-0.4, -0.2) is 12.7 Å². The van der Waals surface area contributed by atoms with E-state index in [4.69, 9.17) is 4.74 Å². The zero-order valence-electron chi connectivity index (χ0n) is 9.87. The maximum Gasteiger partial charge on any atom is 0.119 e. The molecule has 0 radical (unpaired) electrons. The lowest BCUT2D eigenvalue weighted by Gasteiger charge is -2.08. The van der Waals surface area contributed by atoms with E-state index in [9.17, 15) is 0 Å². The van der Waals surface area contributed by atoms with Gasteiger partial charge >= 0.3 is 0 Å². The van der Waals surface area contributed by atoms with E-state index in [1.807, 2.05) is 6.08 Å². The highest BCUT2D eigenvalue weighted by atomic mass is 16.5. The van der Waals surface area contributed by atoms with Crippen LogP contribution >= 0.6 is 0 Å². The quantitative estimate of drug-likeness (QED) is 0.486. The fourth-order valence-electron chi connectivity index (χ4n) is 1.61. The molecule has 0 bridgehead atoms. The molecule has 1 rings (SSSR count). The molecule has 0 aliphatic heterocycles. The predicted octanol–water partition coefficient (Wildman–Crippen LogP) is 3.64. The lowest BCUT2D eigenvalue weighted by molar-refractivity contribution is 0.110. The Balaban J connectivity index is 2.46. The van der Waals surface area contributed by atoms with Crippen LogP contribution in [0.2, 0.25) is 0 Å². The van der Waals surface area contributed by atoms with Crippen LogP contribution < -0.4 is 0 Å². The van der Waals surface area contributed by atoms with E-state index in [0.29, 0.717) is 6.61 Å². The molecule has 0 aromatic carbocycles. The minimum atomic E-state index is 0.0116. The average Bonchev–Trinajstić information content (AvgIpc) is 2.81. The molecule has 0 saturated heterocycles. The van der Waals surface area contributed by atoms with Gasteiger partial charge < -0.3 is 4.74 Å². The Morgan fingerprint density at radius 3 is 2.94 bits per heavy atom. The van der Waals surface area contributed by atoms with E-state index < -0.39 is 0 Å². The summed E-state index contributed by atoms with van der Waals surface area (Å²) in [5.74, 6) is 6.41. The lowest BCUT2D eigenvalue weighted by atomic mass is 10.1. The number of allylic oxidation sites excluding steroid dienone is 3. The van der Waals surface area contributed by atoms with Crippen LogP contribution in [0.25, 0.3) is 0 Å². The molecule has 0 aromatic heterocycles. The summed E-state index contributed by atoms with van der Waals surface area (Å²) in [5, 5.41) is 0. The van der Waals surface area contributed by atoms with E-state index in [1.165, 1.54) is 18.4 Å². The van der Waals surface area contributed by atoms with Crippen molar-refractivity contribution < 1.29 is 4.74 Å². The van der Waals surface area contributed by atoms with Crippen molar-refractivity contribution in [2.24, 2.45) is 0 Å². The van der Waals surface area contributed by atoms with Crippen molar-refractivity contribution in [3.63, 3.8) is 0 Å². The maximum atomic E-state index is 5.59. The van der Waals surface area contributed by atoms with Crippen molar-refractivity contribution in [2.75, 3.05) is 6.61 Å². The highest BCUT2D eigenvalue weighted by Crippen LogP contribution is 2.16. The van der Waals surface area contributed by atoms with Gasteiger partial charge in [-0.15, -0.1) is 13.2 Å². The SMILES string of the molecule is C=CCC[C@H](C#CC1=CCCC1)OCC=C. The second kappa shape index (κ2) is 7.96. The maximum absolute atomic E-state index is 5.59. The predicted molar refractivity (Wildman–Crippen MR) is 69.1 cm³/mol. The molecule has 1 atom stereocenters. The number of ether oxygens (including phenoxy) is 1. The van der Waals surface area contributed by atoms with Gasteiger partial charge in [0.25, 0.3) is 0 Å². The molecule has 86 valence electrons. The van der Waals surface area contributed by atoms with Crippen LogP contribution in [0.1, 0.15) is 32.1 Å². The Kier molecular flexibility index (Phi) is 6.37. The molecule has 0 spiro atoms. The zero-order chi connectivity index (χ0) is 11.6. The highest BCUT2D eigenvalue weighted by molar-refractivity contribution is 5.32. The molecular formula is C15H20O. The Hall–Kier alpha value is -1.26. The highest BCUT2D eigenvalue weighted by Gasteiger charge is 2.04. The minimum absolute atomic E-state index is 0.0116. The standard InChI is InChI=1S/C15H20O/c1-3-5-10-15(16-13-4-2)12-11-14-8-6-7-9-14/h3-4,8,15H,1-2,5-7,9-10,13H2/t15-/m1/s1. The minimum Gasteiger partial charge on any atom is -0.361 e. The molecule has 0 heterocycles. The largest absolute Gasteiger partial charge is 0.361 e. The molecule has 16 heavy (non-hydrogen) atoms. The second-order valence-corrected chi connectivity index (χ2v) is 3.87. The van der Waals surface area contributed by atoms with Gasteiger partial charge in [-0.1, -0.05) is 30.1 Å². The zero-order valence-corrected chi connectivity index (χ0v) is 9.87. The lowest BCUT2D eigenvalue weighted by Crippen LogP contribution is -2.10. The van der Waals surface area contributed by atoms with Crippen LogP contribution in [0, 0.1) is 11.8 Å². The number of hydrogen-bond donors (Lipinski definition) is 0. The van der Waals surface area contributed by atoms with Gasteiger partial charge in [0.2, 0.25) is 0 Å². The Bertz CT molecular complexity index is 302. The monoisotopic (exact) mass is 216 g/mol. The van der Waals surface area contributed by atoms with E-state index in [-0.39, 0.29) is 6.10 Å².